The van der Waals surface area contributed by atoms with E-state index < -0.39 is 0 Å². The second-order valence-electron chi connectivity index (χ2n) is 9.15. The highest BCUT2D eigenvalue weighted by molar-refractivity contribution is 7.80. The van der Waals surface area contributed by atoms with Crippen LogP contribution in [-0.4, -0.2) is 27.4 Å². The number of carbonyl (C=O) groups excluding carboxylic acids is 1. The summed E-state index contributed by atoms with van der Waals surface area (Å²) in [6, 6.07) is 22.8. The van der Waals surface area contributed by atoms with Crippen molar-refractivity contribution < 1.29 is 9.21 Å². The lowest BCUT2D eigenvalue weighted by Gasteiger charge is -2.26. The number of thiocarbonyl (C=S) groups is 1. The van der Waals surface area contributed by atoms with Gasteiger partial charge in [-0.25, -0.2) is 0 Å². The van der Waals surface area contributed by atoms with Crippen LogP contribution in [0.15, 0.2) is 83.4 Å². The van der Waals surface area contributed by atoms with Crippen LogP contribution in [0.25, 0.3) is 11.3 Å². The van der Waals surface area contributed by atoms with E-state index in [9.17, 15) is 4.79 Å². The Morgan fingerprint density at radius 2 is 1.92 bits per heavy atom. The molecule has 5 rings (SSSR count). The number of rotatable bonds is 7. The van der Waals surface area contributed by atoms with Gasteiger partial charge in [-0.3, -0.25) is 9.78 Å². The molecule has 1 aliphatic rings. The molecule has 0 radical (unpaired) electrons. The molecule has 8 heteroatoms. The molecular formula is C29H27ClN4O2S. The Hall–Kier alpha value is -3.68. The zero-order chi connectivity index (χ0) is 25.9. The quantitative estimate of drug-likeness (QED) is 0.262. The van der Waals surface area contributed by atoms with E-state index in [1.165, 1.54) is 0 Å². The Kier molecular flexibility index (Phi) is 7.26. The number of nitrogens with zero attached hydrogens (tertiary/aromatic N) is 2. The van der Waals surface area contributed by atoms with Crippen LogP contribution in [0, 0.1) is 13.8 Å². The van der Waals surface area contributed by atoms with E-state index in [0.717, 1.165) is 39.6 Å². The second-order valence-corrected chi connectivity index (χ2v) is 9.97. The molecule has 2 N–H and O–H groups in total. The largest absolute Gasteiger partial charge is 0.459 e. The van der Waals surface area contributed by atoms with E-state index in [-0.39, 0.29) is 24.4 Å². The van der Waals surface area contributed by atoms with Gasteiger partial charge in [0.2, 0.25) is 5.91 Å². The van der Waals surface area contributed by atoms with Crippen LogP contribution < -0.4 is 10.6 Å². The van der Waals surface area contributed by atoms with Crippen LogP contribution in [0.5, 0.6) is 0 Å². The summed E-state index contributed by atoms with van der Waals surface area (Å²) in [7, 11) is 0. The first-order chi connectivity index (χ1) is 17.9. The van der Waals surface area contributed by atoms with Gasteiger partial charge in [-0.05, 0) is 91.8 Å². The van der Waals surface area contributed by atoms with E-state index in [1.807, 2.05) is 91.5 Å². The highest BCUT2D eigenvalue weighted by Gasteiger charge is 2.41. The Labute approximate surface area is 226 Å². The summed E-state index contributed by atoms with van der Waals surface area (Å²) in [6.07, 6.45) is 2.03. The normalized spacial score (nSPS) is 17.1. The van der Waals surface area contributed by atoms with Crippen molar-refractivity contribution in [3.63, 3.8) is 0 Å². The number of pyridine rings is 1. The van der Waals surface area contributed by atoms with E-state index in [1.54, 1.807) is 6.20 Å². The number of carbonyl (C=O) groups is 1. The molecule has 2 atom stereocenters. The van der Waals surface area contributed by atoms with Crippen molar-refractivity contribution in [2.24, 2.45) is 0 Å². The minimum Gasteiger partial charge on any atom is -0.459 e. The van der Waals surface area contributed by atoms with Gasteiger partial charge in [-0.15, -0.1) is 0 Å². The monoisotopic (exact) mass is 530 g/mol. The number of aryl methyl sites for hydroxylation is 2. The molecule has 2 aromatic heterocycles. The third-order valence-corrected chi connectivity index (χ3v) is 7.10. The van der Waals surface area contributed by atoms with Gasteiger partial charge in [0.1, 0.15) is 17.6 Å². The Balaban J connectivity index is 1.39. The van der Waals surface area contributed by atoms with Gasteiger partial charge < -0.3 is 20.0 Å². The first kappa shape index (κ1) is 25.0. The molecule has 3 heterocycles. The fourth-order valence-corrected chi connectivity index (χ4v) is 5.00. The topological polar surface area (TPSA) is 70.4 Å². The third-order valence-electron chi connectivity index (χ3n) is 6.49. The van der Waals surface area contributed by atoms with Gasteiger partial charge in [0, 0.05) is 35.4 Å². The maximum atomic E-state index is 12.9. The number of anilines is 1. The molecule has 0 spiro atoms. The summed E-state index contributed by atoms with van der Waals surface area (Å²) in [6.45, 7) is 4.41. The minimum atomic E-state index is -0.267. The number of hydrogen-bond donors (Lipinski definition) is 2. The van der Waals surface area contributed by atoms with Crippen LogP contribution in [-0.2, 0) is 4.79 Å². The van der Waals surface area contributed by atoms with Gasteiger partial charge in [0.25, 0.3) is 0 Å². The minimum absolute atomic E-state index is 0.0714. The van der Waals surface area contributed by atoms with Crippen molar-refractivity contribution in [1.29, 1.82) is 0 Å². The predicted molar refractivity (Wildman–Crippen MR) is 150 cm³/mol. The number of aromatic nitrogens is 1. The molecule has 37 heavy (non-hydrogen) atoms. The number of nitrogens with one attached hydrogen (secondary N) is 2. The maximum Gasteiger partial charge on any atom is 0.226 e. The van der Waals surface area contributed by atoms with Crippen molar-refractivity contribution >= 4 is 40.5 Å². The molecule has 1 aliphatic heterocycles. The fourth-order valence-electron chi connectivity index (χ4n) is 4.54. The summed E-state index contributed by atoms with van der Waals surface area (Å²) in [5, 5.41) is 7.67. The first-order valence-electron chi connectivity index (χ1n) is 12.1. The first-order valence-corrected chi connectivity index (χ1v) is 12.9. The molecule has 6 nitrogen and oxygen atoms in total. The van der Waals surface area contributed by atoms with Gasteiger partial charge in [0.05, 0.1) is 11.7 Å². The SMILES string of the molecule is Cc1ccc(C)c(NC(=O)CCN2C(=S)NC(c3ccccn3)C2c2ccc(-c3ccc(Cl)cc3)o2)c1. The van der Waals surface area contributed by atoms with E-state index >= 15 is 0 Å². The fraction of sp³-hybridized carbons (Fsp3) is 0.207. The summed E-state index contributed by atoms with van der Waals surface area (Å²) >= 11 is 11.8. The van der Waals surface area contributed by atoms with Gasteiger partial charge in [-0.2, -0.15) is 0 Å². The van der Waals surface area contributed by atoms with Crippen molar-refractivity contribution in [3.8, 4) is 11.3 Å². The predicted octanol–water partition coefficient (Wildman–Crippen LogP) is 6.61. The molecule has 188 valence electrons. The van der Waals surface area contributed by atoms with Gasteiger partial charge >= 0.3 is 0 Å². The number of benzene rings is 2. The second kappa shape index (κ2) is 10.7. The molecule has 0 aliphatic carbocycles. The van der Waals surface area contributed by atoms with Crippen LogP contribution in [0.1, 0.15) is 41.1 Å². The summed E-state index contributed by atoms with van der Waals surface area (Å²) in [5.41, 5.74) is 4.72. The zero-order valence-corrected chi connectivity index (χ0v) is 22.1. The summed E-state index contributed by atoms with van der Waals surface area (Å²) in [5.74, 6) is 1.40. The molecule has 1 fully saturated rings. The molecule has 0 saturated carbocycles. The molecule has 2 unspecified atom stereocenters. The molecular weight excluding hydrogens is 504 g/mol. The summed E-state index contributed by atoms with van der Waals surface area (Å²) < 4.78 is 6.34. The number of furan rings is 1. The van der Waals surface area contributed by atoms with Crippen molar-refractivity contribution in [2.45, 2.75) is 32.4 Å². The van der Waals surface area contributed by atoms with E-state index in [0.29, 0.717) is 16.7 Å². The lowest BCUT2D eigenvalue weighted by atomic mass is 10.0. The Bertz CT molecular complexity index is 1420. The van der Waals surface area contributed by atoms with Crippen molar-refractivity contribution in [3.05, 3.63) is 107 Å². The van der Waals surface area contributed by atoms with Crippen LogP contribution >= 0.6 is 23.8 Å². The van der Waals surface area contributed by atoms with E-state index in [4.69, 9.17) is 28.2 Å². The summed E-state index contributed by atoms with van der Waals surface area (Å²) in [4.78, 5) is 19.5. The molecule has 0 bridgehead atoms. The lowest BCUT2D eigenvalue weighted by molar-refractivity contribution is -0.116. The third kappa shape index (κ3) is 5.53. The van der Waals surface area contributed by atoms with Gasteiger partial charge in [0.15, 0.2) is 5.11 Å². The Morgan fingerprint density at radius 3 is 2.68 bits per heavy atom. The molecule has 1 saturated heterocycles. The number of halogens is 1. The van der Waals surface area contributed by atoms with Crippen molar-refractivity contribution in [1.82, 2.24) is 15.2 Å². The molecule has 2 aromatic carbocycles. The smallest absolute Gasteiger partial charge is 0.226 e. The molecule has 1 amide bonds. The van der Waals surface area contributed by atoms with Crippen molar-refractivity contribution in [2.75, 3.05) is 11.9 Å². The highest BCUT2D eigenvalue weighted by Crippen LogP contribution is 2.40. The highest BCUT2D eigenvalue weighted by atomic mass is 35.5. The van der Waals surface area contributed by atoms with Crippen LogP contribution in [0.2, 0.25) is 5.02 Å². The van der Waals surface area contributed by atoms with Crippen LogP contribution in [0.3, 0.4) is 0 Å². The van der Waals surface area contributed by atoms with Gasteiger partial charge in [-0.1, -0.05) is 29.8 Å². The zero-order valence-electron chi connectivity index (χ0n) is 20.6. The lowest BCUT2D eigenvalue weighted by Crippen LogP contribution is -2.32. The maximum absolute atomic E-state index is 12.9. The molecule has 4 aromatic rings. The average Bonchev–Trinajstić information content (AvgIpc) is 3.50. The standard InChI is InChI=1S/C29H27ClN4O2S/c1-18-6-7-19(2)23(17-18)32-26(35)14-16-34-28(27(33-29(34)37)22-5-3-4-15-31-22)25-13-12-24(36-25)20-8-10-21(30)11-9-20/h3-13,15,17,27-28H,14,16H2,1-2H3,(H,32,35)(H,33,37). The average molecular weight is 531 g/mol. The number of amides is 1. The van der Waals surface area contributed by atoms with Crippen LogP contribution in [0.4, 0.5) is 5.69 Å². The number of hydrogen-bond acceptors (Lipinski definition) is 4. The van der Waals surface area contributed by atoms with E-state index in [2.05, 4.69) is 15.6 Å². The Morgan fingerprint density at radius 1 is 1.11 bits per heavy atom.